The van der Waals surface area contributed by atoms with Crippen LogP contribution >= 0.6 is 6.83 Å². The van der Waals surface area contributed by atoms with Crippen molar-refractivity contribution in [2.75, 3.05) is 24.6 Å². The summed E-state index contributed by atoms with van der Waals surface area (Å²) in [5, 5.41) is 0. The first-order valence-corrected chi connectivity index (χ1v) is 19.8. The van der Waals surface area contributed by atoms with Gasteiger partial charge in [-0.15, -0.1) is 0 Å². The van der Waals surface area contributed by atoms with Gasteiger partial charge < -0.3 is 0 Å². The number of unbranched alkanes of at least 4 members (excludes halogenated alkanes) is 16. The molecule has 1 aromatic rings. The van der Waals surface area contributed by atoms with E-state index in [9.17, 15) is 13.2 Å². The fourth-order valence-corrected chi connectivity index (χ4v) is 12.7. The van der Waals surface area contributed by atoms with Crippen molar-refractivity contribution in [2.24, 2.45) is 0 Å². The Labute approximate surface area is 248 Å². The minimum atomic E-state index is -3.40. The molecule has 0 amide bonds. The van der Waals surface area contributed by atoms with E-state index in [1.165, 1.54) is 0 Å². The molecule has 1 rings (SSSR count). The molecule has 0 heterocycles. The van der Waals surface area contributed by atoms with Crippen molar-refractivity contribution in [3.63, 3.8) is 0 Å². The summed E-state index contributed by atoms with van der Waals surface area (Å²) in [6, 6.07) is 0. The van der Waals surface area contributed by atoms with E-state index in [4.69, 9.17) is 4.52 Å². The summed E-state index contributed by atoms with van der Waals surface area (Å²) in [4.78, 5) is 0. The zero-order valence-corrected chi connectivity index (χ0v) is 27.6. The SMILES string of the molecule is CCCCCCCP(CCCCCCC)(CCCCCCC)(CCCCCCC)Oc1c(F)c(F)c(F)c(F)c1F. The standard InChI is InChI=1S/C34H60F5OP/c1-5-9-13-17-21-25-41(26-22-18-14-10-6-2,27-23-19-15-11-7-3,28-24-20-16-12-8-4)40-34-32(38)30(36)29(35)31(37)33(34)39/h5-28H2,1-4H3. The van der Waals surface area contributed by atoms with E-state index in [1.54, 1.807) is 0 Å². The van der Waals surface area contributed by atoms with Crippen molar-refractivity contribution >= 4 is 6.83 Å². The molecular formula is C34H60F5OP. The molecule has 242 valence electrons. The van der Waals surface area contributed by atoms with Crippen LogP contribution in [0.25, 0.3) is 0 Å². The Hall–Kier alpha value is -0.900. The maximum atomic E-state index is 15.2. The molecule has 0 N–H and O–H groups in total. The van der Waals surface area contributed by atoms with Gasteiger partial charge in [-0.3, -0.25) is 0 Å². The predicted molar refractivity (Wildman–Crippen MR) is 168 cm³/mol. The number of hydrogen-bond donors (Lipinski definition) is 0. The first-order valence-electron chi connectivity index (χ1n) is 16.9. The fraction of sp³-hybridized carbons (Fsp3) is 0.824. The van der Waals surface area contributed by atoms with Crippen LogP contribution in [0.15, 0.2) is 0 Å². The van der Waals surface area contributed by atoms with Gasteiger partial charge in [0.15, 0.2) is 0 Å². The van der Waals surface area contributed by atoms with E-state index < -0.39 is 41.7 Å². The molecule has 0 spiro atoms. The average molecular weight is 611 g/mol. The van der Waals surface area contributed by atoms with Crippen molar-refractivity contribution in [2.45, 2.75) is 156 Å². The molecule has 0 aliphatic heterocycles. The van der Waals surface area contributed by atoms with E-state index in [1.807, 2.05) is 0 Å². The van der Waals surface area contributed by atoms with Gasteiger partial charge >= 0.3 is 249 Å². The molecule has 0 radical (unpaired) electrons. The number of hydrogen-bond acceptors (Lipinski definition) is 1. The zero-order chi connectivity index (χ0) is 30.6. The molecule has 1 aromatic carbocycles. The van der Waals surface area contributed by atoms with Crippen LogP contribution in [0.4, 0.5) is 22.0 Å². The monoisotopic (exact) mass is 610 g/mol. The van der Waals surface area contributed by atoms with Crippen LogP contribution in [-0.4, -0.2) is 24.6 Å². The quantitative estimate of drug-likeness (QED) is 0.0333. The van der Waals surface area contributed by atoms with Crippen LogP contribution in [0.2, 0.25) is 0 Å². The summed E-state index contributed by atoms with van der Waals surface area (Å²) >= 11 is 0. The molecule has 0 aliphatic carbocycles. The molecule has 0 unspecified atom stereocenters. The molecule has 0 atom stereocenters. The van der Waals surface area contributed by atoms with Crippen LogP contribution in [0, 0.1) is 29.1 Å². The Balaban J connectivity index is 3.61. The van der Waals surface area contributed by atoms with Gasteiger partial charge in [-0.05, 0) is 0 Å². The molecule has 0 fully saturated rings. The van der Waals surface area contributed by atoms with E-state index in [-0.39, 0.29) is 0 Å². The third-order valence-electron chi connectivity index (χ3n) is 8.83. The number of halogens is 5. The van der Waals surface area contributed by atoms with Gasteiger partial charge in [-0.2, -0.15) is 0 Å². The Morgan fingerprint density at radius 2 is 0.610 bits per heavy atom. The first kappa shape index (κ1) is 38.1. The molecule has 0 saturated carbocycles. The second-order valence-corrected chi connectivity index (χ2v) is 18.1. The summed E-state index contributed by atoms with van der Waals surface area (Å²) < 4.78 is 80.0. The fourth-order valence-electron chi connectivity index (χ4n) is 6.24. The third-order valence-corrected chi connectivity index (χ3v) is 15.3. The molecule has 7 heteroatoms. The van der Waals surface area contributed by atoms with Crippen LogP contribution in [0.3, 0.4) is 0 Å². The number of rotatable bonds is 26. The van der Waals surface area contributed by atoms with Crippen LogP contribution in [0.1, 0.15) is 156 Å². The van der Waals surface area contributed by atoms with Gasteiger partial charge in [0.2, 0.25) is 0 Å². The Morgan fingerprint density at radius 1 is 0.366 bits per heavy atom. The Bertz CT molecular complexity index is 750. The maximum absolute atomic E-state index is 15.2. The summed E-state index contributed by atoms with van der Waals surface area (Å²) in [7, 11) is 0. The summed E-state index contributed by atoms with van der Waals surface area (Å²) in [6.07, 6.45) is 23.5. The van der Waals surface area contributed by atoms with Gasteiger partial charge in [0.1, 0.15) is 0 Å². The Kier molecular flexibility index (Phi) is 19.4. The van der Waals surface area contributed by atoms with Crippen molar-refractivity contribution < 1.29 is 26.5 Å². The minimum absolute atomic E-state index is 0.699. The third kappa shape index (κ3) is 12.7. The van der Waals surface area contributed by atoms with Gasteiger partial charge in [0.05, 0.1) is 0 Å². The number of benzene rings is 1. The van der Waals surface area contributed by atoms with Crippen LogP contribution in [-0.2, 0) is 0 Å². The molecule has 1 nitrogen and oxygen atoms in total. The first-order chi connectivity index (χ1) is 19.7. The van der Waals surface area contributed by atoms with Gasteiger partial charge in [-0.1, -0.05) is 0 Å². The van der Waals surface area contributed by atoms with Gasteiger partial charge in [-0.25, -0.2) is 0 Å². The predicted octanol–water partition coefficient (Wildman–Crippen LogP) is 13.1. The van der Waals surface area contributed by atoms with Crippen molar-refractivity contribution in [3.8, 4) is 5.75 Å². The summed E-state index contributed by atoms with van der Waals surface area (Å²) in [5.41, 5.74) is 0. The van der Waals surface area contributed by atoms with Crippen LogP contribution < -0.4 is 4.52 Å². The normalized spacial score (nSPS) is 13.0. The van der Waals surface area contributed by atoms with E-state index in [0.29, 0.717) is 24.6 Å². The van der Waals surface area contributed by atoms with E-state index in [2.05, 4.69) is 27.7 Å². The zero-order valence-electron chi connectivity index (χ0n) is 26.7. The van der Waals surface area contributed by atoms with Crippen molar-refractivity contribution in [3.05, 3.63) is 29.1 Å². The van der Waals surface area contributed by atoms with Crippen molar-refractivity contribution in [1.82, 2.24) is 0 Å². The van der Waals surface area contributed by atoms with Crippen molar-refractivity contribution in [1.29, 1.82) is 0 Å². The summed E-state index contributed by atoms with van der Waals surface area (Å²) in [5.74, 6) is -10.6. The molecule has 0 saturated heterocycles. The second-order valence-electron chi connectivity index (χ2n) is 12.4. The molecular weight excluding hydrogens is 550 g/mol. The molecule has 41 heavy (non-hydrogen) atoms. The second kappa shape index (κ2) is 20.9. The average Bonchev–Trinajstić information content (AvgIpc) is 2.97. The van der Waals surface area contributed by atoms with Crippen LogP contribution in [0.5, 0.6) is 5.75 Å². The molecule has 0 bridgehead atoms. The van der Waals surface area contributed by atoms with Gasteiger partial charge in [0, 0.05) is 0 Å². The van der Waals surface area contributed by atoms with Gasteiger partial charge in [0.25, 0.3) is 0 Å². The molecule has 0 aromatic heterocycles. The Morgan fingerprint density at radius 3 is 0.878 bits per heavy atom. The topological polar surface area (TPSA) is 9.23 Å². The summed E-state index contributed by atoms with van der Waals surface area (Å²) in [6.45, 7) is 5.24. The van der Waals surface area contributed by atoms with E-state index in [0.717, 1.165) is 128 Å². The van der Waals surface area contributed by atoms with E-state index >= 15 is 8.78 Å². The molecule has 0 aliphatic rings.